The van der Waals surface area contributed by atoms with Crippen molar-refractivity contribution >= 4 is 16.3 Å². The van der Waals surface area contributed by atoms with E-state index < -0.39 is 0 Å². The van der Waals surface area contributed by atoms with Gasteiger partial charge in [0, 0.05) is 43.7 Å². The summed E-state index contributed by atoms with van der Waals surface area (Å²) in [5, 5.41) is 16.7. The number of nitrogens with zero attached hydrogens (tertiary/aromatic N) is 2. The lowest BCUT2D eigenvalue weighted by Gasteiger charge is -2.40. The van der Waals surface area contributed by atoms with Crippen molar-refractivity contribution in [1.82, 2.24) is 10.2 Å². The van der Waals surface area contributed by atoms with Crippen molar-refractivity contribution < 1.29 is 4.92 Å². The van der Waals surface area contributed by atoms with Crippen LogP contribution < -0.4 is 5.32 Å². The molecule has 2 fully saturated rings. The van der Waals surface area contributed by atoms with E-state index in [0.29, 0.717) is 12.0 Å². The fourth-order valence-corrected chi connectivity index (χ4v) is 4.54. The molecule has 0 amide bonds. The van der Waals surface area contributed by atoms with Crippen LogP contribution in [0.15, 0.2) is 11.4 Å². The standard InChI is InChI=1S/C15H23N3O2S/c19-18(20)14-10-13(11-21-14)15(12-4-2-1-3-5-12)17-8-6-16-7-9-17/h10-12,15-16H,1-9H2/t15-/m0/s1. The number of nitrogens with one attached hydrogen (secondary N) is 1. The molecule has 0 radical (unpaired) electrons. The molecule has 1 aromatic rings. The number of hydrogen-bond donors (Lipinski definition) is 1. The minimum atomic E-state index is -0.260. The van der Waals surface area contributed by atoms with Crippen LogP contribution in [-0.2, 0) is 0 Å². The van der Waals surface area contributed by atoms with E-state index in [1.165, 1.54) is 49.0 Å². The molecular formula is C15H23N3O2S. The maximum atomic E-state index is 11.0. The largest absolute Gasteiger partial charge is 0.324 e. The highest BCUT2D eigenvalue weighted by Gasteiger charge is 2.32. The summed E-state index contributed by atoms with van der Waals surface area (Å²) in [5.41, 5.74) is 1.17. The molecule has 116 valence electrons. The van der Waals surface area contributed by atoms with Gasteiger partial charge in [-0.3, -0.25) is 15.0 Å². The predicted molar refractivity (Wildman–Crippen MR) is 84.7 cm³/mol. The second-order valence-electron chi connectivity index (χ2n) is 6.10. The molecule has 1 aliphatic carbocycles. The summed E-state index contributed by atoms with van der Waals surface area (Å²) in [4.78, 5) is 13.3. The Morgan fingerprint density at radius 1 is 1.29 bits per heavy atom. The van der Waals surface area contributed by atoms with E-state index in [2.05, 4.69) is 10.2 Å². The first-order valence-electron chi connectivity index (χ1n) is 7.93. The molecule has 2 heterocycles. The second-order valence-corrected chi connectivity index (χ2v) is 6.99. The number of rotatable bonds is 4. The highest BCUT2D eigenvalue weighted by Crippen LogP contribution is 2.41. The molecule has 0 spiro atoms. The van der Waals surface area contributed by atoms with Gasteiger partial charge in [0.15, 0.2) is 0 Å². The number of thiophene rings is 1. The van der Waals surface area contributed by atoms with Crippen molar-refractivity contribution in [2.24, 2.45) is 5.92 Å². The molecule has 2 aliphatic rings. The van der Waals surface area contributed by atoms with E-state index in [1.807, 2.05) is 11.4 Å². The molecule has 6 heteroatoms. The quantitative estimate of drug-likeness (QED) is 0.685. The van der Waals surface area contributed by atoms with Crippen LogP contribution in [0.4, 0.5) is 5.00 Å². The van der Waals surface area contributed by atoms with Gasteiger partial charge in [0.05, 0.1) is 4.92 Å². The van der Waals surface area contributed by atoms with Gasteiger partial charge in [-0.1, -0.05) is 30.6 Å². The smallest absolute Gasteiger partial charge is 0.314 e. The number of piperazine rings is 1. The average Bonchev–Trinajstić information content (AvgIpc) is 3.00. The van der Waals surface area contributed by atoms with Gasteiger partial charge in [0.2, 0.25) is 0 Å². The summed E-state index contributed by atoms with van der Waals surface area (Å²) in [6, 6.07) is 2.18. The zero-order chi connectivity index (χ0) is 14.7. The van der Waals surface area contributed by atoms with E-state index in [4.69, 9.17) is 0 Å². The van der Waals surface area contributed by atoms with Gasteiger partial charge < -0.3 is 5.32 Å². The van der Waals surface area contributed by atoms with Gasteiger partial charge in [-0.15, -0.1) is 0 Å². The fourth-order valence-electron chi connectivity index (χ4n) is 3.78. The van der Waals surface area contributed by atoms with Crippen LogP contribution in [0.5, 0.6) is 0 Å². The van der Waals surface area contributed by atoms with Crippen LogP contribution in [0.3, 0.4) is 0 Å². The third-order valence-electron chi connectivity index (χ3n) is 4.77. The zero-order valence-electron chi connectivity index (χ0n) is 12.3. The molecule has 0 bridgehead atoms. The molecule has 1 saturated heterocycles. The molecule has 1 aliphatic heterocycles. The van der Waals surface area contributed by atoms with Crippen molar-refractivity contribution in [3.05, 3.63) is 27.1 Å². The SMILES string of the molecule is O=[N+]([O-])c1cc([C@H](C2CCCCC2)N2CCNCC2)cs1. The van der Waals surface area contributed by atoms with Crippen molar-refractivity contribution in [1.29, 1.82) is 0 Å². The third kappa shape index (κ3) is 3.44. The summed E-state index contributed by atoms with van der Waals surface area (Å²) in [5.74, 6) is 0.658. The molecule has 1 aromatic heterocycles. The van der Waals surface area contributed by atoms with Crippen LogP contribution in [-0.4, -0.2) is 36.0 Å². The molecule has 1 saturated carbocycles. The van der Waals surface area contributed by atoms with Crippen LogP contribution >= 0.6 is 11.3 Å². The van der Waals surface area contributed by atoms with E-state index >= 15 is 0 Å². The highest BCUT2D eigenvalue weighted by molar-refractivity contribution is 7.13. The normalized spacial score (nSPS) is 23.0. The first-order chi connectivity index (χ1) is 10.3. The third-order valence-corrected chi connectivity index (χ3v) is 5.67. The molecule has 1 atom stereocenters. The molecule has 5 nitrogen and oxygen atoms in total. The lowest BCUT2D eigenvalue weighted by molar-refractivity contribution is -0.380. The van der Waals surface area contributed by atoms with Crippen molar-refractivity contribution in [3.8, 4) is 0 Å². The Labute approximate surface area is 129 Å². The molecule has 1 N–H and O–H groups in total. The van der Waals surface area contributed by atoms with Gasteiger partial charge in [0.25, 0.3) is 0 Å². The van der Waals surface area contributed by atoms with Gasteiger partial charge in [-0.2, -0.15) is 0 Å². The van der Waals surface area contributed by atoms with Gasteiger partial charge in [0.1, 0.15) is 0 Å². The topological polar surface area (TPSA) is 58.4 Å². The van der Waals surface area contributed by atoms with Gasteiger partial charge in [-0.05, 0) is 24.3 Å². The zero-order valence-corrected chi connectivity index (χ0v) is 13.1. The lowest BCUT2D eigenvalue weighted by atomic mass is 9.81. The fraction of sp³-hybridized carbons (Fsp3) is 0.733. The van der Waals surface area contributed by atoms with E-state index in [9.17, 15) is 10.1 Å². The first kappa shape index (κ1) is 14.9. The van der Waals surface area contributed by atoms with Crippen LogP contribution in [0, 0.1) is 16.0 Å². The Morgan fingerprint density at radius 3 is 2.62 bits per heavy atom. The Hall–Kier alpha value is -0.980. The first-order valence-corrected chi connectivity index (χ1v) is 8.81. The lowest BCUT2D eigenvalue weighted by Crippen LogP contribution is -2.47. The summed E-state index contributed by atoms with van der Waals surface area (Å²) < 4.78 is 0. The average molecular weight is 309 g/mol. The van der Waals surface area contributed by atoms with E-state index in [0.717, 1.165) is 26.2 Å². The Morgan fingerprint density at radius 2 is 2.00 bits per heavy atom. The minimum Gasteiger partial charge on any atom is -0.314 e. The van der Waals surface area contributed by atoms with Crippen molar-refractivity contribution in [2.75, 3.05) is 26.2 Å². The molecule has 0 aromatic carbocycles. The monoisotopic (exact) mass is 309 g/mol. The van der Waals surface area contributed by atoms with Crippen molar-refractivity contribution in [2.45, 2.75) is 38.1 Å². The van der Waals surface area contributed by atoms with E-state index in [1.54, 1.807) is 0 Å². The maximum Gasteiger partial charge on any atom is 0.324 e. The summed E-state index contributed by atoms with van der Waals surface area (Å²) in [6.45, 7) is 4.14. The number of nitro groups is 1. The van der Waals surface area contributed by atoms with E-state index in [-0.39, 0.29) is 9.92 Å². The van der Waals surface area contributed by atoms with Gasteiger partial charge >= 0.3 is 5.00 Å². The van der Waals surface area contributed by atoms with Crippen LogP contribution in [0.25, 0.3) is 0 Å². The maximum absolute atomic E-state index is 11.0. The Kier molecular flexibility index (Phi) is 4.87. The van der Waals surface area contributed by atoms with Crippen LogP contribution in [0.2, 0.25) is 0 Å². The summed E-state index contributed by atoms with van der Waals surface area (Å²) in [7, 11) is 0. The highest BCUT2D eigenvalue weighted by atomic mass is 32.1. The minimum absolute atomic E-state index is 0.260. The summed E-state index contributed by atoms with van der Waals surface area (Å²) in [6.07, 6.45) is 6.48. The molecular weight excluding hydrogens is 286 g/mol. The second kappa shape index (κ2) is 6.85. The Balaban J connectivity index is 1.84. The van der Waals surface area contributed by atoms with Crippen molar-refractivity contribution in [3.63, 3.8) is 0 Å². The molecule has 21 heavy (non-hydrogen) atoms. The summed E-state index contributed by atoms with van der Waals surface area (Å²) >= 11 is 1.27. The number of hydrogen-bond acceptors (Lipinski definition) is 5. The molecule has 3 rings (SSSR count). The Bertz CT molecular complexity index is 461. The van der Waals surface area contributed by atoms with Crippen LogP contribution in [0.1, 0.15) is 43.7 Å². The molecule has 0 unspecified atom stereocenters. The van der Waals surface area contributed by atoms with Gasteiger partial charge in [-0.25, -0.2) is 0 Å². The predicted octanol–water partition coefficient (Wildman–Crippen LogP) is 3.18.